The van der Waals surface area contributed by atoms with Crippen molar-refractivity contribution in [3.63, 3.8) is 0 Å². The van der Waals surface area contributed by atoms with Crippen LogP contribution in [0.15, 0.2) is 35.1 Å². The molecule has 0 aliphatic carbocycles. The van der Waals surface area contributed by atoms with Gasteiger partial charge in [0.15, 0.2) is 0 Å². The molecule has 0 radical (unpaired) electrons. The highest BCUT2D eigenvalue weighted by Gasteiger charge is 2.36. The molecule has 3 heterocycles. The Morgan fingerprint density at radius 1 is 1.14 bits per heavy atom. The predicted octanol–water partition coefficient (Wildman–Crippen LogP) is 1.31. The fourth-order valence-electron chi connectivity index (χ4n) is 4.08. The lowest BCUT2D eigenvalue weighted by atomic mass is 10.1. The lowest BCUT2D eigenvalue weighted by Gasteiger charge is -2.32. The summed E-state index contributed by atoms with van der Waals surface area (Å²) in [6, 6.07) is 9.07. The highest BCUT2D eigenvalue weighted by Crippen LogP contribution is 2.21. The van der Waals surface area contributed by atoms with Gasteiger partial charge < -0.3 is 19.5 Å². The third-order valence-electron chi connectivity index (χ3n) is 5.62. The van der Waals surface area contributed by atoms with E-state index in [4.69, 9.17) is 4.74 Å². The molecule has 0 unspecified atom stereocenters. The zero-order valence-electron chi connectivity index (χ0n) is 15.9. The summed E-state index contributed by atoms with van der Waals surface area (Å²) in [5, 5.41) is 0.950. The lowest BCUT2D eigenvalue weighted by Crippen LogP contribution is -2.51. The first-order valence-corrected chi connectivity index (χ1v) is 9.90. The van der Waals surface area contributed by atoms with Crippen molar-refractivity contribution in [3.8, 4) is 0 Å². The number of aromatic amines is 1. The third-order valence-corrected chi connectivity index (χ3v) is 5.62. The number of morpholine rings is 1. The molecule has 0 bridgehead atoms. The molecule has 1 atom stereocenters. The molecule has 7 nitrogen and oxygen atoms in total. The number of nitrogens with zero attached hydrogens (tertiary/aromatic N) is 2. The molecule has 1 aromatic carbocycles. The maximum absolute atomic E-state index is 12.8. The zero-order valence-corrected chi connectivity index (χ0v) is 15.9. The number of aromatic nitrogens is 1. The topological polar surface area (TPSA) is 82.7 Å². The van der Waals surface area contributed by atoms with Gasteiger partial charge in [0.05, 0.1) is 13.2 Å². The summed E-state index contributed by atoms with van der Waals surface area (Å²) in [6.07, 6.45) is 2.14. The second kappa shape index (κ2) is 8.14. The van der Waals surface area contributed by atoms with Crippen LogP contribution in [0.1, 0.15) is 24.8 Å². The van der Waals surface area contributed by atoms with Gasteiger partial charge >= 0.3 is 0 Å². The van der Waals surface area contributed by atoms with E-state index in [1.54, 1.807) is 9.80 Å². The number of rotatable bonds is 4. The summed E-state index contributed by atoms with van der Waals surface area (Å²) in [5.41, 5.74) is 1.23. The molecular formula is C21H25N3O4. The predicted molar refractivity (Wildman–Crippen MR) is 105 cm³/mol. The molecular weight excluding hydrogens is 358 g/mol. The number of carbonyl (C=O) groups excluding carboxylic acids is 2. The number of H-pyrrole nitrogens is 1. The van der Waals surface area contributed by atoms with E-state index in [-0.39, 0.29) is 29.8 Å². The standard InChI is InChI=1S/C21H25N3O4/c25-19(8-7-16-14-15-4-1-2-5-17(15)22-20(16)26)24-9-3-6-18(24)21(27)23-10-12-28-13-11-23/h1-2,4-5,14,18H,3,6-13H2,(H,22,26)/t18-/m1/s1. The molecule has 28 heavy (non-hydrogen) atoms. The van der Waals surface area contributed by atoms with Crippen LogP contribution in [-0.4, -0.2) is 65.5 Å². The minimum atomic E-state index is -0.375. The first kappa shape index (κ1) is 18.7. The van der Waals surface area contributed by atoms with Crippen LogP contribution in [0, 0.1) is 0 Å². The number of fused-ring (bicyclic) bond motifs is 1. The smallest absolute Gasteiger partial charge is 0.251 e. The fourth-order valence-corrected chi connectivity index (χ4v) is 4.08. The first-order valence-electron chi connectivity index (χ1n) is 9.90. The number of likely N-dealkylation sites (tertiary alicyclic amines) is 1. The molecule has 1 aromatic heterocycles. The van der Waals surface area contributed by atoms with Gasteiger partial charge in [0.1, 0.15) is 6.04 Å². The average molecular weight is 383 g/mol. The molecule has 7 heteroatoms. The van der Waals surface area contributed by atoms with Crippen molar-refractivity contribution in [2.45, 2.75) is 31.7 Å². The Kier molecular flexibility index (Phi) is 5.43. The van der Waals surface area contributed by atoms with Gasteiger partial charge in [-0.3, -0.25) is 14.4 Å². The van der Waals surface area contributed by atoms with Crippen LogP contribution in [0.3, 0.4) is 0 Å². The quantitative estimate of drug-likeness (QED) is 0.863. The monoisotopic (exact) mass is 383 g/mol. The maximum Gasteiger partial charge on any atom is 0.251 e. The average Bonchev–Trinajstić information content (AvgIpc) is 3.22. The van der Waals surface area contributed by atoms with Crippen LogP contribution < -0.4 is 5.56 Å². The first-order chi connectivity index (χ1) is 13.6. The normalized spacial score (nSPS) is 19.9. The number of pyridine rings is 1. The summed E-state index contributed by atoms with van der Waals surface area (Å²) in [5.74, 6) is -0.0330. The summed E-state index contributed by atoms with van der Waals surface area (Å²) >= 11 is 0. The van der Waals surface area contributed by atoms with Gasteiger partial charge in [-0.1, -0.05) is 18.2 Å². The summed E-state index contributed by atoms with van der Waals surface area (Å²) in [4.78, 5) is 44.3. The summed E-state index contributed by atoms with van der Waals surface area (Å²) < 4.78 is 5.31. The van der Waals surface area contributed by atoms with E-state index in [9.17, 15) is 14.4 Å². The van der Waals surface area contributed by atoms with Crippen molar-refractivity contribution in [1.29, 1.82) is 0 Å². The van der Waals surface area contributed by atoms with Gasteiger partial charge in [-0.25, -0.2) is 0 Å². The number of nitrogens with one attached hydrogen (secondary N) is 1. The van der Waals surface area contributed by atoms with E-state index >= 15 is 0 Å². The number of hydrogen-bond donors (Lipinski definition) is 1. The van der Waals surface area contributed by atoms with Crippen molar-refractivity contribution in [2.24, 2.45) is 0 Å². The van der Waals surface area contributed by atoms with Crippen molar-refractivity contribution in [3.05, 3.63) is 46.2 Å². The SMILES string of the molecule is O=C([C@H]1CCCN1C(=O)CCc1cc2ccccc2[nH]c1=O)N1CCOCC1. The van der Waals surface area contributed by atoms with Crippen LogP contribution in [-0.2, 0) is 20.7 Å². The number of aryl methyl sites for hydroxylation is 1. The van der Waals surface area contributed by atoms with Crippen molar-refractivity contribution < 1.29 is 14.3 Å². The molecule has 2 aromatic rings. The maximum atomic E-state index is 12.8. The number of para-hydroxylation sites is 1. The van der Waals surface area contributed by atoms with Crippen LogP contribution >= 0.6 is 0 Å². The second-order valence-corrected chi connectivity index (χ2v) is 7.39. The van der Waals surface area contributed by atoms with Crippen LogP contribution in [0.25, 0.3) is 10.9 Å². The number of carbonyl (C=O) groups is 2. The Morgan fingerprint density at radius 3 is 2.75 bits per heavy atom. The Morgan fingerprint density at radius 2 is 1.93 bits per heavy atom. The largest absolute Gasteiger partial charge is 0.378 e. The highest BCUT2D eigenvalue weighted by molar-refractivity contribution is 5.88. The van der Waals surface area contributed by atoms with Crippen molar-refractivity contribution in [1.82, 2.24) is 14.8 Å². The van der Waals surface area contributed by atoms with Crippen molar-refractivity contribution in [2.75, 3.05) is 32.8 Å². The van der Waals surface area contributed by atoms with E-state index in [0.29, 0.717) is 51.3 Å². The highest BCUT2D eigenvalue weighted by atomic mass is 16.5. The number of hydrogen-bond acceptors (Lipinski definition) is 4. The van der Waals surface area contributed by atoms with Gasteiger partial charge in [0, 0.05) is 37.1 Å². The fraction of sp³-hybridized carbons (Fsp3) is 0.476. The molecule has 2 saturated heterocycles. The van der Waals surface area contributed by atoms with E-state index in [0.717, 1.165) is 17.3 Å². The number of amides is 2. The number of benzene rings is 1. The van der Waals surface area contributed by atoms with E-state index in [1.807, 2.05) is 30.3 Å². The van der Waals surface area contributed by atoms with Gasteiger partial charge in [0.2, 0.25) is 11.8 Å². The minimum absolute atomic E-state index is 0.0257. The van der Waals surface area contributed by atoms with E-state index < -0.39 is 0 Å². The summed E-state index contributed by atoms with van der Waals surface area (Å²) in [6.45, 7) is 2.88. The molecule has 148 valence electrons. The van der Waals surface area contributed by atoms with E-state index in [2.05, 4.69) is 4.98 Å². The molecule has 1 N–H and O–H groups in total. The Hall–Kier alpha value is -2.67. The second-order valence-electron chi connectivity index (χ2n) is 7.39. The third kappa shape index (κ3) is 3.80. The zero-order chi connectivity index (χ0) is 19.5. The summed E-state index contributed by atoms with van der Waals surface area (Å²) in [7, 11) is 0. The molecule has 2 aliphatic rings. The van der Waals surface area contributed by atoms with Crippen LogP contribution in [0.4, 0.5) is 0 Å². The van der Waals surface area contributed by atoms with Gasteiger partial charge in [-0.15, -0.1) is 0 Å². The molecule has 2 amide bonds. The Balaban J connectivity index is 1.42. The van der Waals surface area contributed by atoms with Crippen molar-refractivity contribution >= 4 is 22.7 Å². The van der Waals surface area contributed by atoms with Gasteiger partial charge in [-0.05, 0) is 36.8 Å². The van der Waals surface area contributed by atoms with Crippen LogP contribution in [0.2, 0.25) is 0 Å². The Bertz CT molecular complexity index is 933. The van der Waals surface area contributed by atoms with Gasteiger partial charge in [0.25, 0.3) is 5.56 Å². The molecule has 0 saturated carbocycles. The molecule has 4 rings (SSSR count). The lowest BCUT2D eigenvalue weighted by molar-refractivity contribution is -0.146. The molecule has 0 spiro atoms. The Labute approximate surface area is 163 Å². The number of ether oxygens (including phenoxy) is 1. The van der Waals surface area contributed by atoms with Gasteiger partial charge in [-0.2, -0.15) is 0 Å². The van der Waals surface area contributed by atoms with Crippen LogP contribution in [0.5, 0.6) is 0 Å². The minimum Gasteiger partial charge on any atom is -0.378 e. The molecule has 2 fully saturated rings. The molecule has 2 aliphatic heterocycles. The van der Waals surface area contributed by atoms with E-state index in [1.165, 1.54) is 0 Å².